The van der Waals surface area contributed by atoms with Gasteiger partial charge in [0.05, 0.1) is 0 Å². The largest absolute Gasteiger partial charge is 0.303 e. The molecule has 2 rings (SSSR count). The van der Waals surface area contributed by atoms with Gasteiger partial charge < -0.3 is 4.79 Å². The van der Waals surface area contributed by atoms with Crippen LogP contribution in [-0.4, -0.2) is 6.29 Å². The smallest absolute Gasteiger partial charge is 0.123 e. The zero-order chi connectivity index (χ0) is 10.2. The van der Waals surface area contributed by atoms with Crippen molar-refractivity contribution in [2.45, 2.75) is 46.0 Å². The molecule has 0 bridgehead atoms. The molecule has 0 spiro atoms. The molecule has 2 aliphatic rings. The van der Waals surface area contributed by atoms with Crippen LogP contribution in [0.4, 0.5) is 0 Å². The van der Waals surface area contributed by atoms with Gasteiger partial charge in [0.15, 0.2) is 0 Å². The Morgan fingerprint density at radius 2 is 2.21 bits per heavy atom. The van der Waals surface area contributed by atoms with Gasteiger partial charge in [-0.1, -0.05) is 31.9 Å². The second kappa shape index (κ2) is 3.52. The Hall–Kier alpha value is -0.590. The highest BCUT2D eigenvalue weighted by Gasteiger charge is 2.38. The summed E-state index contributed by atoms with van der Waals surface area (Å²) in [5, 5.41) is 0. The number of aldehydes is 1. The highest BCUT2D eigenvalue weighted by molar-refractivity contribution is 5.56. The average Bonchev–Trinajstić information content (AvgIpc) is 2.17. The fourth-order valence-corrected chi connectivity index (χ4v) is 3.23. The summed E-state index contributed by atoms with van der Waals surface area (Å²) in [4.78, 5) is 11.0. The lowest BCUT2D eigenvalue weighted by Gasteiger charge is -2.43. The van der Waals surface area contributed by atoms with Crippen LogP contribution in [0.5, 0.6) is 0 Å². The SMILES string of the molecule is CC1(C)CCC[C@H]2C1=CCC[C@H]2C=O. The molecular weight excluding hydrogens is 172 g/mol. The van der Waals surface area contributed by atoms with Gasteiger partial charge in [-0.15, -0.1) is 0 Å². The maximum atomic E-state index is 11.0. The molecule has 0 aromatic heterocycles. The van der Waals surface area contributed by atoms with Gasteiger partial charge in [-0.25, -0.2) is 0 Å². The van der Waals surface area contributed by atoms with Crippen molar-refractivity contribution in [3.05, 3.63) is 11.6 Å². The molecule has 0 N–H and O–H groups in total. The van der Waals surface area contributed by atoms with E-state index in [0.717, 1.165) is 12.8 Å². The van der Waals surface area contributed by atoms with Crippen molar-refractivity contribution in [3.63, 3.8) is 0 Å². The van der Waals surface area contributed by atoms with Crippen molar-refractivity contribution in [1.82, 2.24) is 0 Å². The molecule has 0 radical (unpaired) electrons. The van der Waals surface area contributed by atoms with Gasteiger partial charge in [-0.3, -0.25) is 0 Å². The maximum Gasteiger partial charge on any atom is 0.123 e. The van der Waals surface area contributed by atoms with Crippen LogP contribution in [-0.2, 0) is 4.79 Å². The molecule has 1 saturated carbocycles. The molecule has 1 heteroatoms. The van der Waals surface area contributed by atoms with Crippen LogP contribution in [0.2, 0.25) is 0 Å². The first-order chi connectivity index (χ1) is 6.65. The van der Waals surface area contributed by atoms with Crippen molar-refractivity contribution >= 4 is 6.29 Å². The van der Waals surface area contributed by atoms with Gasteiger partial charge in [-0.05, 0) is 37.0 Å². The standard InChI is InChI=1S/C13H20O/c1-13(2)8-4-6-11-10(9-14)5-3-7-12(11)13/h7,9-11H,3-6,8H2,1-2H3/t10-,11+/m0/s1. The number of hydrogen-bond acceptors (Lipinski definition) is 1. The van der Waals surface area contributed by atoms with Crippen molar-refractivity contribution in [3.8, 4) is 0 Å². The van der Waals surface area contributed by atoms with E-state index in [1.807, 2.05) is 0 Å². The summed E-state index contributed by atoms with van der Waals surface area (Å²) in [7, 11) is 0. The van der Waals surface area contributed by atoms with Gasteiger partial charge in [0.2, 0.25) is 0 Å². The van der Waals surface area contributed by atoms with Crippen molar-refractivity contribution in [1.29, 1.82) is 0 Å². The number of allylic oxidation sites excluding steroid dienone is 2. The van der Waals surface area contributed by atoms with E-state index in [4.69, 9.17) is 0 Å². The van der Waals surface area contributed by atoms with Crippen LogP contribution >= 0.6 is 0 Å². The monoisotopic (exact) mass is 192 g/mol. The molecule has 0 amide bonds. The molecule has 0 unspecified atom stereocenters. The Morgan fingerprint density at radius 3 is 2.93 bits per heavy atom. The van der Waals surface area contributed by atoms with Crippen LogP contribution in [0.1, 0.15) is 46.0 Å². The van der Waals surface area contributed by atoms with Crippen molar-refractivity contribution in [2.75, 3.05) is 0 Å². The van der Waals surface area contributed by atoms with E-state index in [9.17, 15) is 4.79 Å². The third-order valence-electron chi connectivity index (χ3n) is 4.05. The predicted octanol–water partition coefficient (Wildman–Crippen LogP) is 3.35. The quantitative estimate of drug-likeness (QED) is 0.460. The Balaban J connectivity index is 2.28. The summed E-state index contributed by atoms with van der Waals surface area (Å²) in [6.07, 6.45) is 9.61. The van der Waals surface area contributed by atoms with E-state index < -0.39 is 0 Å². The van der Waals surface area contributed by atoms with Crippen LogP contribution in [0.3, 0.4) is 0 Å². The summed E-state index contributed by atoms with van der Waals surface area (Å²) in [6.45, 7) is 4.66. The molecule has 2 aliphatic carbocycles. The third-order valence-corrected chi connectivity index (χ3v) is 4.05. The number of hydrogen-bond donors (Lipinski definition) is 0. The van der Waals surface area contributed by atoms with Gasteiger partial charge in [-0.2, -0.15) is 0 Å². The summed E-state index contributed by atoms with van der Waals surface area (Å²) in [6, 6.07) is 0. The number of carbonyl (C=O) groups is 1. The first kappa shape index (κ1) is 9.95. The summed E-state index contributed by atoms with van der Waals surface area (Å²) in [5.41, 5.74) is 1.93. The molecule has 1 nitrogen and oxygen atoms in total. The van der Waals surface area contributed by atoms with E-state index in [0.29, 0.717) is 17.3 Å². The third kappa shape index (κ3) is 1.53. The number of carbonyl (C=O) groups excluding carboxylic acids is 1. The Morgan fingerprint density at radius 1 is 1.43 bits per heavy atom. The van der Waals surface area contributed by atoms with E-state index >= 15 is 0 Å². The Kier molecular flexibility index (Phi) is 2.50. The second-order valence-electron chi connectivity index (χ2n) is 5.42. The minimum atomic E-state index is 0.314. The fraction of sp³-hybridized carbons (Fsp3) is 0.769. The van der Waals surface area contributed by atoms with E-state index in [1.54, 1.807) is 5.57 Å². The lowest BCUT2D eigenvalue weighted by molar-refractivity contribution is -0.112. The molecule has 1 fully saturated rings. The minimum Gasteiger partial charge on any atom is -0.303 e. The lowest BCUT2D eigenvalue weighted by Crippen LogP contribution is -2.33. The second-order valence-corrected chi connectivity index (χ2v) is 5.42. The molecule has 0 heterocycles. The highest BCUT2D eigenvalue weighted by atomic mass is 16.1. The van der Waals surface area contributed by atoms with Crippen LogP contribution < -0.4 is 0 Å². The minimum absolute atomic E-state index is 0.314. The molecular formula is C13H20O. The van der Waals surface area contributed by atoms with Crippen molar-refractivity contribution in [2.24, 2.45) is 17.3 Å². The highest BCUT2D eigenvalue weighted by Crippen LogP contribution is 2.48. The van der Waals surface area contributed by atoms with Gasteiger partial charge in [0, 0.05) is 5.92 Å². The average molecular weight is 192 g/mol. The Bertz CT molecular complexity index is 262. The maximum absolute atomic E-state index is 11.0. The fourth-order valence-electron chi connectivity index (χ4n) is 3.23. The summed E-state index contributed by atoms with van der Waals surface area (Å²) in [5.74, 6) is 0.888. The van der Waals surface area contributed by atoms with Crippen molar-refractivity contribution < 1.29 is 4.79 Å². The van der Waals surface area contributed by atoms with E-state index in [1.165, 1.54) is 25.5 Å². The normalized spacial score (nSPS) is 35.7. The van der Waals surface area contributed by atoms with Crippen LogP contribution in [0.15, 0.2) is 11.6 Å². The molecule has 0 aliphatic heterocycles. The van der Waals surface area contributed by atoms with E-state index in [2.05, 4.69) is 19.9 Å². The molecule has 2 atom stereocenters. The number of fused-ring (bicyclic) bond motifs is 1. The predicted molar refractivity (Wildman–Crippen MR) is 58.0 cm³/mol. The van der Waals surface area contributed by atoms with Gasteiger partial charge in [0.1, 0.15) is 6.29 Å². The first-order valence-electron chi connectivity index (χ1n) is 5.81. The molecule has 14 heavy (non-hydrogen) atoms. The zero-order valence-electron chi connectivity index (χ0n) is 9.25. The van der Waals surface area contributed by atoms with Crippen LogP contribution in [0, 0.1) is 17.3 Å². The topological polar surface area (TPSA) is 17.1 Å². The summed E-state index contributed by atoms with van der Waals surface area (Å²) >= 11 is 0. The molecule has 78 valence electrons. The van der Waals surface area contributed by atoms with Crippen LogP contribution in [0.25, 0.3) is 0 Å². The van der Waals surface area contributed by atoms with Gasteiger partial charge >= 0.3 is 0 Å². The Labute approximate surface area is 86.6 Å². The lowest BCUT2D eigenvalue weighted by atomic mass is 9.61. The zero-order valence-corrected chi connectivity index (χ0v) is 9.25. The summed E-state index contributed by atoms with van der Waals surface area (Å²) < 4.78 is 0. The molecule has 0 aromatic carbocycles. The van der Waals surface area contributed by atoms with Gasteiger partial charge in [0.25, 0.3) is 0 Å². The number of rotatable bonds is 1. The molecule has 0 saturated heterocycles. The van der Waals surface area contributed by atoms with E-state index in [-0.39, 0.29) is 0 Å². The first-order valence-corrected chi connectivity index (χ1v) is 5.81. The molecule has 0 aromatic rings.